The van der Waals surface area contributed by atoms with Gasteiger partial charge in [0.05, 0.1) is 11.4 Å². The Hall–Kier alpha value is -2.82. The zero-order valence-electron chi connectivity index (χ0n) is 18.9. The lowest BCUT2D eigenvalue weighted by molar-refractivity contribution is 0.174. The zero-order chi connectivity index (χ0) is 23.2. The van der Waals surface area contributed by atoms with Crippen LogP contribution in [0.1, 0.15) is 29.8 Å². The van der Waals surface area contributed by atoms with E-state index in [2.05, 4.69) is 4.98 Å². The molecule has 2 aromatic rings. The van der Waals surface area contributed by atoms with Crippen LogP contribution < -0.4 is 9.47 Å². The molecule has 3 aliphatic heterocycles. The van der Waals surface area contributed by atoms with Gasteiger partial charge in [0.2, 0.25) is 6.79 Å². The van der Waals surface area contributed by atoms with Crippen LogP contribution in [0.5, 0.6) is 11.5 Å². The largest absolute Gasteiger partial charge is 0.454 e. The van der Waals surface area contributed by atoms with Gasteiger partial charge in [-0.2, -0.15) is 17.0 Å². The Kier molecular flexibility index (Phi) is 5.67. The second kappa shape index (κ2) is 8.51. The Labute approximate surface area is 194 Å². The highest BCUT2D eigenvalue weighted by molar-refractivity contribution is 7.86. The lowest BCUT2D eigenvalue weighted by Gasteiger charge is -2.33. The number of ether oxygens (including phenoxy) is 2. The van der Waals surface area contributed by atoms with Crippen LogP contribution in [0.15, 0.2) is 46.4 Å². The van der Waals surface area contributed by atoms with Crippen LogP contribution >= 0.6 is 0 Å². The fourth-order valence-corrected chi connectivity index (χ4v) is 5.51. The molecule has 33 heavy (non-hydrogen) atoms. The summed E-state index contributed by atoms with van der Waals surface area (Å²) >= 11 is 0. The fourth-order valence-electron chi connectivity index (χ4n) is 4.38. The lowest BCUT2D eigenvalue weighted by Crippen LogP contribution is -2.45. The normalized spacial score (nSPS) is 21.4. The summed E-state index contributed by atoms with van der Waals surface area (Å²) in [7, 11) is -0.283. The molecule has 0 N–H and O–H groups in total. The molecule has 1 saturated heterocycles. The van der Waals surface area contributed by atoms with E-state index >= 15 is 0 Å². The third-order valence-electron chi connectivity index (χ3n) is 6.23. The van der Waals surface area contributed by atoms with Crippen molar-refractivity contribution >= 4 is 21.6 Å². The number of rotatable bonds is 5. The molecule has 0 saturated carbocycles. The summed E-state index contributed by atoms with van der Waals surface area (Å²) in [5, 5.41) is 0. The van der Waals surface area contributed by atoms with E-state index in [0.29, 0.717) is 31.7 Å². The number of aromatic nitrogens is 1. The molecule has 0 radical (unpaired) electrons. The van der Waals surface area contributed by atoms with E-state index in [0.717, 1.165) is 34.1 Å². The van der Waals surface area contributed by atoms with E-state index in [9.17, 15) is 8.42 Å². The third-order valence-corrected chi connectivity index (χ3v) is 8.17. The Morgan fingerprint density at radius 1 is 1.00 bits per heavy atom. The van der Waals surface area contributed by atoms with Crippen molar-refractivity contribution in [1.82, 2.24) is 13.6 Å². The van der Waals surface area contributed by atoms with Crippen LogP contribution in [0.25, 0.3) is 0 Å². The average Bonchev–Trinajstić information content (AvgIpc) is 3.46. The number of hydrogen-bond donors (Lipinski definition) is 0. The van der Waals surface area contributed by atoms with E-state index in [-0.39, 0.29) is 18.9 Å². The van der Waals surface area contributed by atoms with Crippen LogP contribution in [0, 0.1) is 12.8 Å². The molecule has 5 rings (SSSR count). The summed E-state index contributed by atoms with van der Waals surface area (Å²) < 4.78 is 38.8. The standard InChI is InChI=1S/C23H27N5O4S/c1-15-5-4-6-18(24-15)22-21(17-7-8-19-20(13-17)32-14-31-19)25-23(26-22)16-9-11-28(12-10-16)33(29,30)27(2)3/h4-8,13,16,23H,9-12,14H2,1-3H3. The quantitative estimate of drug-likeness (QED) is 0.669. The minimum Gasteiger partial charge on any atom is -0.454 e. The predicted octanol–water partition coefficient (Wildman–Crippen LogP) is 2.26. The molecule has 0 aliphatic carbocycles. The van der Waals surface area contributed by atoms with Crippen molar-refractivity contribution in [2.45, 2.75) is 25.9 Å². The Bertz CT molecular complexity index is 1230. The van der Waals surface area contributed by atoms with Crippen LogP contribution in [0.3, 0.4) is 0 Å². The van der Waals surface area contributed by atoms with E-state index in [4.69, 9.17) is 19.5 Å². The topological polar surface area (TPSA) is 96.7 Å². The van der Waals surface area contributed by atoms with Gasteiger partial charge in [0.15, 0.2) is 11.5 Å². The molecular formula is C23H27N5O4S. The number of aryl methyl sites for hydroxylation is 1. The maximum atomic E-state index is 12.5. The van der Waals surface area contributed by atoms with Gasteiger partial charge in [0.1, 0.15) is 11.9 Å². The van der Waals surface area contributed by atoms with Gasteiger partial charge in [-0.25, -0.2) is 0 Å². The molecule has 0 spiro atoms. The van der Waals surface area contributed by atoms with Crippen molar-refractivity contribution in [3.8, 4) is 11.5 Å². The van der Waals surface area contributed by atoms with Crippen LogP contribution in [-0.2, 0) is 10.2 Å². The maximum absolute atomic E-state index is 12.5. The monoisotopic (exact) mass is 469 g/mol. The Morgan fingerprint density at radius 3 is 2.45 bits per heavy atom. The first-order valence-corrected chi connectivity index (χ1v) is 12.4. The molecule has 1 fully saturated rings. The number of fused-ring (bicyclic) bond motifs is 1. The van der Waals surface area contributed by atoms with E-state index in [1.165, 1.54) is 8.61 Å². The van der Waals surface area contributed by atoms with Crippen molar-refractivity contribution in [2.24, 2.45) is 15.9 Å². The van der Waals surface area contributed by atoms with Crippen molar-refractivity contribution in [2.75, 3.05) is 34.0 Å². The summed E-state index contributed by atoms with van der Waals surface area (Å²) in [6.45, 7) is 3.09. The molecule has 0 bridgehead atoms. The summed E-state index contributed by atoms with van der Waals surface area (Å²) in [5.41, 5.74) is 4.12. The highest BCUT2D eigenvalue weighted by Gasteiger charge is 2.36. The summed E-state index contributed by atoms with van der Waals surface area (Å²) in [4.78, 5) is 14.7. The molecule has 3 aliphatic rings. The predicted molar refractivity (Wildman–Crippen MR) is 125 cm³/mol. The van der Waals surface area contributed by atoms with Gasteiger partial charge in [-0.1, -0.05) is 6.07 Å². The summed E-state index contributed by atoms with van der Waals surface area (Å²) in [6.07, 6.45) is 1.13. The molecule has 1 aromatic heterocycles. The number of pyridine rings is 1. The summed E-state index contributed by atoms with van der Waals surface area (Å²) in [6, 6.07) is 11.7. The minimum atomic E-state index is -3.41. The average molecular weight is 470 g/mol. The minimum absolute atomic E-state index is 0.157. The summed E-state index contributed by atoms with van der Waals surface area (Å²) in [5.74, 6) is 1.57. The van der Waals surface area contributed by atoms with E-state index in [1.807, 2.05) is 43.3 Å². The van der Waals surface area contributed by atoms with Gasteiger partial charge in [0.25, 0.3) is 10.2 Å². The number of nitrogens with zero attached hydrogens (tertiary/aromatic N) is 5. The van der Waals surface area contributed by atoms with Crippen molar-refractivity contribution < 1.29 is 17.9 Å². The zero-order valence-corrected chi connectivity index (χ0v) is 19.7. The van der Waals surface area contributed by atoms with Gasteiger partial charge in [0, 0.05) is 44.4 Å². The SMILES string of the molecule is Cc1cccc(C2=NC(C3CCN(S(=O)(=O)N(C)C)CC3)N=C2c2ccc3c(c2)OCO3)n1. The fraction of sp³-hybridized carbons (Fsp3) is 0.435. The van der Waals surface area contributed by atoms with Crippen molar-refractivity contribution in [3.63, 3.8) is 0 Å². The molecule has 174 valence electrons. The molecule has 10 heteroatoms. The Morgan fingerprint density at radius 2 is 1.73 bits per heavy atom. The van der Waals surface area contributed by atoms with Gasteiger partial charge in [-0.3, -0.25) is 15.0 Å². The Balaban J connectivity index is 1.45. The third kappa shape index (κ3) is 4.14. The second-order valence-electron chi connectivity index (χ2n) is 8.63. The number of piperidine rings is 1. The molecule has 1 aromatic carbocycles. The van der Waals surface area contributed by atoms with Crippen LogP contribution in [-0.4, -0.2) is 73.6 Å². The first-order chi connectivity index (χ1) is 15.8. The first kappa shape index (κ1) is 22.0. The smallest absolute Gasteiger partial charge is 0.281 e. The molecular weight excluding hydrogens is 442 g/mol. The number of benzene rings is 1. The van der Waals surface area contributed by atoms with Gasteiger partial charge in [-0.05, 0) is 50.1 Å². The van der Waals surface area contributed by atoms with Gasteiger partial charge >= 0.3 is 0 Å². The van der Waals surface area contributed by atoms with Crippen molar-refractivity contribution in [3.05, 3.63) is 53.3 Å². The maximum Gasteiger partial charge on any atom is 0.281 e. The van der Waals surface area contributed by atoms with E-state index < -0.39 is 10.2 Å². The lowest BCUT2D eigenvalue weighted by atomic mass is 9.95. The van der Waals surface area contributed by atoms with Crippen LogP contribution in [0.2, 0.25) is 0 Å². The van der Waals surface area contributed by atoms with Gasteiger partial charge in [-0.15, -0.1) is 0 Å². The molecule has 9 nitrogen and oxygen atoms in total. The first-order valence-electron chi connectivity index (χ1n) is 11.0. The van der Waals surface area contributed by atoms with Gasteiger partial charge < -0.3 is 9.47 Å². The highest BCUT2D eigenvalue weighted by atomic mass is 32.2. The van der Waals surface area contributed by atoms with Crippen LogP contribution in [0.4, 0.5) is 0 Å². The molecule has 1 atom stereocenters. The number of hydrogen-bond acceptors (Lipinski definition) is 7. The molecule has 1 unspecified atom stereocenters. The van der Waals surface area contributed by atoms with Crippen molar-refractivity contribution in [1.29, 1.82) is 0 Å². The van der Waals surface area contributed by atoms with E-state index in [1.54, 1.807) is 14.1 Å². The molecule has 4 heterocycles. The number of aliphatic imine (C=N–C) groups is 2. The second-order valence-corrected chi connectivity index (χ2v) is 10.8. The highest BCUT2D eigenvalue weighted by Crippen LogP contribution is 2.35. The molecule has 0 amide bonds.